The van der Waals surface area contributed by atoms with Crippen LogP contribution in [0.25, 0.3) is 0 Å². The highest BCUT2D eigenvalue weighted by Gasteiger charge is 2.29. The normalized spacial score (nSPS) is 17.6. The fourth-order valence-electron chi connectivity index (χ4n) is 1.90. The Bertz CT molecular complexity index is 537. The monoisotopic (exact) mass is 381 g/mol. The fourth-order valence-corrected chi connectivity index (χ4v) is 5.15. The van der Waals surface area contributed by atoms with Crippen LogP contribution in [0.1, 0.15) is 18.4 Å². The Morgan fingerprint density at radius 3 is 2.29 bits per heavy atom. The van der Waals surface area contributed by atoms with E-state index in [1.54, 1.807) is 16.4 Å². The Morgan fingerprint density at radius 2 is 1.71 bits per heavy atom. The molecule has 0 saturated carbocycles. The first-order valence-electron chi connectivity index (χ1n) is 5.39. The number of nitrogens with zero attached hydrogens (tertiary/aromatic N) is 1. The largest absolute Gasteiger partial charge is 0.244 e. The summed E-state index contributed by atoms with van der Waals surface area (Å²) < 4.78 is 27.9. The molecule has 0 N–H and O–H groups in total. The Hall–Kier alpha value is 0.0900. The summed E-state index contributed by atoms with van der Waals surface area (Å²) in [6, 6.07) is 3.50. The first kappa shape index (κ1) is 13.5. The van der Waals surface area contributed by atoms with Crippen LogP contribution < -0.4 is 0 Å². The second kappa shape index (κ2) is 4.99. The molecular formula is C11H13Br2NO2S. The molecule has 17 heavy (non-hydrogen) atoms. The lowest BCUT2D eigenvalue weighted by molar-refractivity contribution is 0.477. The van der Waals surface area contributed by atoms with Gasteiger partial charge >= 0.3 is 0 Å². The predicted octanol–water partition coefficient (Wildman–Crippen LogP) is 3.30. The molecule has 6 heteroatoms. The van der Waals surface area contributed by atoms with Crippen LogP contribution >= 0.6 is 31.9 Å². The van der Waals surface area contributed by atoms with Crippen LogP contribution in [0.15, 0.2) is 26.0 Å². The van der Waals surface area contributed by atoms with Crippen molar-refractivity contribution in [1.82, 2.24) is 4.31 Å². The van der Waals surface area contributed by atoms with Gasteiger partial charge in [-0.15, -0.1) is 0 Å². The molecule has 1 heterocycles. The van der Waals surface area contributed by atoms with Crippen molar-refractivity contribution >= 4 is 41.9 Å². The second-order valence-corrected chi connectivity index (χ2v) is 7.76. The maximum Gasteiger partial charge on any atom is 0.244 e. The fraction of sp³-hybridized carbons (Fsp3) is 0.455. The van der Waals surface area contributed by atoms with Crippen LogP contribution in [0.2, 0.25) is 0 Å². The van der Waals surface area contributed by atoms with Gasteiger partial charge in [-0.3, -0.25) is 0 Å². The van der Waals surface area contributed by atoms with Gasteiger partial charge in [0.25, 0.3) is 0 Å². The van der Waals surface area contributed by atoms with Gasteiger partial charge in [-0.05, 0) is 53.4 Å². The van der Waals surface area contributed by atoms with E-state index in [0.29, 0.717) is 22.5 Å². The van der Waals surface area contributed by atoms with E-state index in [-0.39, 0.29) is 0 Å². The number of aryl methyl sites for hydroxylation is 1. The van der Waals surface area contributed by atoms with Crippen molar-refractivity contribution in [3.05, 3.63) is 26.6 Å². The number of hydrogen-bond donors (Lipinski definition) is 0. The molecule has 0 aromatic heterocycles. The van der Waals surface area contributed by atoms with Crippen molar-refractivity contribution in [3.63, 3.8) is 0 Å². The van der Waals surface area contributed by atoms with Crippen LogP contribution in [0.5, 0.6) is 0 Å². The molecule has 1 saturated heterocycles. The lowest BCUT2D eigenvalue weighted by atomic mass is 10.2. The van der Waals surface area contributed by atoms with E-state index in [0.717, 1.165) is 22.9 Å². The molecular weight excluding hydrogens is 370 g/mol. The summed E-state index contributed by atoms with van der Waals surface area (Å²) in [6.45, 7) is 3.15. The van der Waals surface area contributed by atoms with E-state index in [9.17, 15) is 8.42 Å². The van der Waals surface area contributed by atoms with E-state index in [1.165, 1.54) is 0 Å². The number of halogens is 2. The zero-order valence-corrected chi connectivity index (χ0v) is 13.4. The van der Waals surface area contributed by atoms with E-state index >= 15 is 0 Å². The van der Waals surface area contributed by atoms with Crippen molar-refractivity contribution < 1.29 is 8.42 Å². The summed E-state index contributed by atoms with van der Waals surface area (Å²) in [6.07, 6.45) is 1.90. The predicted molar refractivity (Wildman–Crippen MR) is 74.6 cm³/mol. The van der Waals surface area contributed by atoms with Crippen molar-refractivity contribution in [2.75, 3.05) is 13.1 Å². The second-order valence-electron chi connectivity index (χ2n) is 4.14. The van der Waals surface area contributed by atoms with E-state index in [4.69, 9.17) is 0 Å². The molecule has 1 aromatic rings. The molecule has 0 radical (unpaired) electrons. The van der Waals surface area contributed by atoms with Crippen molar-refractivity contribution in [2.45, 2.75) is 24.7 Å². The van der Waals surface area contributed by atoms with Crippen molar-refractivity contribution in [1.29, 1.82) is 0 Å². The molecule has 0 bridgehead atoms. The zero-order chi connectivity index (χ0) is 12.6. The Kier molecular flexibility index (Phi) is 3.97. The molecule has 1 aliphatic heterocycles. The average molecular weight is 383 g/mol. The van der Waals surface area contributed by atoms with Gasteiger partial charge in [0.05, 0.1) is 4.90 Å². The summed E-state index contributed by atoms with van der Waals surface area (Å²) in [5.41, 5.74) is 0.922. The average Bonchev–Trinajstić information content (AvgIpc) is 2.77. The third-order valence-corrected chi connectivity index (χ3v) is 6.61. The third-order valence-electron chi connectivity index (χ3n) is 2.90. The highest BCUT2D eigenvalue weighted by molar-refractivity contribution is 9.11. The molecule has 0 amide bonds. The Morgan fingerprint density at radius 1 is 1.12 bits per heavy atom. The van der Waals surface area contributed by atoms with Gasteiger partial charge in [0.1, 0.15) is 0 Å². The SMILES string of the molecule is Cc1cc(S(=O)(=O)N2CCCC2)c(Br)cc1Br. The topological polar surface area (TPSA) is 37.4 Å². The molecule has 1 aromatic carbocycles. The Balaban J connectivity index is 2.49. The smallest absolute Gasteiger partial charge is 0.207 e. The maximum absolute atomic E-state index is 12.4. The van der Waals surface area contributed by atoms with Gasteiger partial charge < -0.3 is 0 Å². The van der Waals surface area contributed by atoms with Gasteiger partial charge in [-0.2, -0.15) is 4.31 Å². The van der Waals surface area contributed by atoms with Crippen LogP contribution in [-0.2, 0) is 10.0 Å². The molecule has 3 nitrogen and oxygen atoms in total. The van der Waals surface area contributed by atoms with Crippen LogP contribution in [0, 0.1) is 6.92 Å². The number of hydrogen-bond acceptors (Lipinski definition) is 2. The summed E-state index contributed by atoms with van der Waals surface area (Å²) in [4.78, 5) is 0.361. The molecule has 94 valence electrons. The van der Waals surface area contributed by atoms with Crippen LogP contribution in [0.4, 0.5) is 0 Å². The summed E-state index contributed by atoms with van der Waals surface area (Å²) in [7, 11) is -3.34. The van der Waals surface area contributed by atoms with E-state index in [1.807, 2.05) is 6.92 Å². The number of sulfonamides is 1. The summed E-state index contributed by atoms with van der Waals surface area (Å²) in [5, 5.41) is 0. The lowest BCUT2D eigenvalue weighted by Gasteiger charge is -2.17. The molecule has 0 spiro atoms. The van der Waals surface area contributed by atoms with Gasteiger partial charge in [0, 0.05) is 22.0 Å². The minimum Gasteiger partial charge on any atom is -0.207 e. The highest BCUT2D eigenvalue weighted by Crippen LogP contribution is 2.31. The van der Waals surface area contributed by atoms with Gasteiger partial charge in [0.15, 0.2) is 0 Å². The minimum atomic E-state index is -3.34. The summed E-state index contributed by atoms with van der Waals surface area (Å²) >= 11 is 6.72. The molecule has 0 aliphatic carbocycles. The van der Waals surface area contributed by atoms with Crippen molar-refractivity contribution in [3.8, 4) is 0 Å². The van der Waals surface area contributed by atoms with Gasteiger partial charge in [0.2, 0.25) is 10.0 Å². The lowest BCUT2D eigenvalue weighted by Crippen LogP contribution is -2.28. The van der Waals surface area contributed by atoms with E-state index in [2.05, 4.69) is 31.9 Å². The maximum atomic E-state index is 12.4. The standard InChI is InChI=1S/C11H13Br2NO2S/c1-8-6-11(10(13)7-9(8)12)17(15,16)14-4-2-3-5-14/h6-7H,2-5H2,1H3. The molecule has 0 atom stereocenters. The molecule has 1 aliphatic rings. The van der Waals surface area contributed by atoms with Crippen LogP contribution in [-0.4, -0.2) is 25.8 Å². The van der Waals surface area contributed by atoms with Crippen molar-refractivity contribution in [2.24, 2.45) is 0 Å². The van der Waals surface area contributed by atoms with Gasteiger partial charge in [-0.1, -0.05) is 15.9 Å². The Labute approximate surface area is 119 Å². The first-order chi connectivity index (χ1) is 7.93. The highest BCUT2D eigenvalue weighted by atomic mass is 79.9. The van der Waals surface area contributed by atoms with Crippen LogP contribution in [0.3, 0.4) is 0 Å². The quantitative estimate of drug-likeness (QED) is 0.786. The minimum absolute atomic E-state index is 0.361. The summed E-state index contributed by atoms with van der Waals surface area (Å²) in [5.74, 6) is 0. The van der Waals surface area contributed by atoms with E-state index < -0.39 is 10.0 Å². The molecule has 0 unspecified atom stereocenters. The third kappa shape index (κ3) is 2.59. The molecule has 1 fully saturated rings. The zero-order valence-electron chi connectivity index (χ0n) is 9.41. The molecule has 2 rings (SSSR count). The first-order valence-corrected chi connectivity index (χ1v) is 8.41. The number of benzene rings is 1. The number of rotatable bonds is 2. The van der Waals surface area contributed by atoms with Gasteiger partial charge in [-0.25, -0.2) is 8.42 Å².